The molecule has 14 aromatic rings. The second-order valence-corrected chi connectivity index (χ2v) is 25.2. The summed E-state index contributed by atoms with van der Waals surface area (Å²) in [5.74, 6) is -0.106. The molecule has 8 heteroatoms. The molecule has 0 radical (unpaired) electrons. The molecule has 2 aliphatic rings. The van der Waals surface area contributed by atoms with Crippen LogP contribution in [-0.2, 0) is 24.0 Å². The van der Waals surface area contributed by atoms with Crippen LogP contribution >= 0.6 is 0 Å². The largest absolute Gasteiger partial charge is 0.489 e. The minimum atomic E-state index is -0.932. The molecule has 0 amide bonds. The molecule has 0 saturated heterocycles. The second-order valence-electron chi connectivity index (χ2n) is 25.2. The highest BCUT2D eigenvalue weighted by atomic mass is 19.1. The maximum Gasteiger partial charge on any atom is 0.147 e. The highest BCUT2D eigenvalue weighted by Crippen LogP contribution is 2.60. The summed E-state index contributed by atoms with van der Waals surface area (Å²) in [6, 6.07) is 105. The van der Waals surface area contributed by atoms with E-state index in [0.29, 0.717) is 58.8 Å². The van der Waals surface area contributed by atoms with Crippen molar-refractivity contribution in [1.29, 1.82) is 0 Å². The minimum Gasteiger partial charge on any atom is -0.489 e. The van der Waals surface area contributed by atoms with Crippen molar-refractivity contribution >= 4 is 46.3 Å². The minimum absolute atomic E-state index is 0.346. The molecule has 2 aliphatic carbocycles. The Hall–Kier alpha value is -12.5. The molecule has 0 heterocycles. The quantitative estimate of drug-likeness (QED) is 0.0754. The molecule has 482 valence electrons. The molecule has 0 aliphatic heterocycles. The van der Waals surface area contributed by atoms with Crippen molar-refractivity contribution < 1.29 is 27.0 Å². The SMILES string of the molecule is C=Cc1ccc(COc2ccc(C3(c4ccc(F)cc4)c4ccccc4-c4ccc(N(c5ccc(-c6ccc(N(c7ccc8c(c7)C(c7ccc(F)cc7)(c7ccc(OCc9ccc(C=C)cc9)cc7)c7ccccc7-8)c7ccccc7F)cc6)cc5)c5ccccc5F)cc43)cc2)cc1. The lowest BCUT2D eigenvalue weighted by molar-refractivity contribution is 0.306. The van der Waals surface area contributed by atoms with Crippen LogP contribution in [0.5, 0.6) is 11.5 Å². The first-order valence-electron chi connectivity index (χ1n) is 33.3. The monoisotopic (exact) mass is 1300 g/mol. The molecule has 2 atom stereocenters. The van der Waals surface area contributed by atoms with Gasteiger partial charge in [0.2, 0.25) is 0 Å². The Morgan fingerprint density at radius 3 is 0.980 bits per heavy atom. The first-order valence-corrected chi connectivity index (χ1v) is 33.3. The molecule has 2 unspecified atom stereocenters. The van der Waals surface area contributed by atoms with Crippen molar-refractivity contribution in [1.82, 2.24) is 0 Å². The van der Waals surface area contributed by atoms with Gasteiger partial charge < -0.3 is 19.3 Å². The van der Waals surface area contributed by atoms with Gasteiger partial charge in [-0.1, -0.05) is 232 Å². The molecular formula is C92H64F4N2O2. The first kappa shape index (κ1) is 62.3. The van der Waals surface area contributed by atoms with E-state index in [0.717, 1.165) is 100 Å². The van der Waals surface area contributed by atoms with Crippen LogP contribution in [0, 0.1) is 23.3 Å². The van der Waals surface area contributed by atoms with E-state index in [1.165, 1.54) is 36.4 Å². The van der Waals surface area contributed by atoms with Gasteiger partial charge in [-0.25, -0.2) is 17.6 Å². The fourth-order valence-electron chi connectivity index (χ4n) is 15.0. The third-order valence-electron chi connectivity index (χ3n) is 19.7. The highest BCUT2D eigenvalue weighted by molar-refractivity contribution is 5.92. The summed E-state index contributed by atoms with van der Waals surface area (Å²) in [7, 11) is 0. The molecule has 0 spiro atoms. The van der Waals surface area contributed by atoms with E-state index >= 15 is 17.6 Å². The lowest BCUT2D eigenvalue weighted by Gasteiger charge is -2.35. The number of halogens is 4. The number of hydrogen-bond donors (Lipinski definition) is 0. The summed E-state index contributed by atoms with van der Waals surface area (Å²) in [4.78, 5) is 3.89. The van der Waals surface area contributed by atoms with Crippen molar-refractivity contribution in [2.75, 3.05) is 9.80 Å². The average molecular weight is 1310 g/mol. The summed E-state index contributed by atoms with van der Waals surface area (Å²) < 4.78 is 76.2. The molecule has 0 fully saturated rings. The Kier molecular flexibility index (Phi) is 16.3. The standard InChI is InChI=1S/C92H64F4N2O2/c1-3-61-21-25-63(26-22-61)59-99-77-51-37-69(38-52-77)91(67-33-41-71(93)42-34-67)83-15-7-5-13-79(83)81-55-49-75(57-85(81)91)97(89-19-11-9-17-87(89)95)73-45-29-65(30-46-73)66-31-47-74(48-32-66)98(90-20-12-10-18-88(90)96)76-50-56-82-80-14-6-8-16-84(80)92(86(82)58-76,68-35-43-72(94)44-36-68)70-39-53-78(54-40-70)100-60-64-27-23-62(4-2)24-28-64/h3-58H,1-2,59-60H2. The molecule has 16 rings (SSSR count). The van der Waals surface area contributed by atoms with E-state index in [1.54, 1.807) is 24.3 Å². The van der Waals surface area contributed by atoms with Gasteiger partial charge in [0, 0.05) is 22.7 Å². The Labute approximate surface area is 579 Å². The van der Waals surface area contributed by atoms with Crippen LogP contribution < -0.4 is 19.3 Å². The number of anilines is 6. The number of ether oxygens (including phenoxy) is 2. The summed E-state index contributed by atoms with van der Waals surface area (Å²) in [6.07, 6.45) is 3.63. The maximum absolute atomic E-state index is 16.7. The van der Waals surface area contributed by atoms with E-state index in [2.05, 4.69) is 86.0 Å². The van der Waals surface area contributed by atoms with Gasteiger partial charge >= 0.3 is 0 Å². The fourth-order valence-corrected chi connectivity index (χ4v) is 15.0. The van der Waals surface area contributed by atoms with E-state index in [4.69, 9.17) is 9.47 Å². The van der Waals surface area contributed by atoms with Gasteiger partial charge in [-0.3, -0.25) is 0 Å². The van der Waals surface area contributed by atoms with E-state index in [1.807, 2.05) is 216 Å². The lowest BCUT2D eigenvalue weighted by atomic mass is 9.67. The molecule has 0 aromatic heterocycles. The van der Waals surface area contributed by atoms with Crippen LogP contribution in [0.3, 0.4) is 0 Å². The summed E-state index contributed by atoms with van der Waals surface area (Å²) in [5, 5.41) is 0. The second kappa shape index (κ2) is 26.1. The van der Waals surface area contributed by atoms with Gasteiger partial charge in [0.05, 0.1) is 22.2 Å². The smallest absolute Gasteiger partial charge is 0.147 e. The Bertz CT molecular complexity index is 5030. The first-order chi connectivity index (χ1) is 49.1. The highest BCUT2D eigenvalue weighted by Gasteiger charge is 2.48. The Morgan fingerprint density at radius 1 is 0.300 bits per heavy atom. The number of nitrogens with zero attached hydrogens (tertiary/aromatic N) is 2. The molecule has 4 nitrogen and oxygen atoms in total. The zero-order chi connectivity index (χ0) is 67.9. The summed E-state index contributed by atoms with van der Waals surface area (Å²) in [5.41, 5.74) is 19.3. The molecule has 14 aromatic carbocycles. The van der Waals surface area contributed by atoms with Crippen molar-refractivity contribution in [3.8, 4) is 44.9 Å². The van der Waals surface area contributed by atoms with Crippen LogP contribution in [0.4, 0.5) is 51.7 Å². The third-order valence-corrected chi connectivity index (χ3v) is 19.7. The topological polar surface area (TPSA) is 24.9 Å². The zero-order valence-corrected chi connectivity index (χ0v) is 54.4. The summed E-state index contributed by atoms with van der Waals surface area (Å²) >= 11 is 0. The summed E-state index contributed by atoms with van der Waals surface area (Å²) in [6.45, 7) is 8.52. The molecule has 100 heavy (non-hydrogen) atoms. The predicted octanol–water partition coefficient (Wildman–Crippen LogP) is 24.0. The van der Waals surface area contributed by atoms with Gasteiger partial charge in [0.25, 0.3) is 0 Å². The van der Waals surface area contributed by atoms with Crippen LogP contribution in [0.2, 0.25) is 0 Å². The van der Waals surface area contributed by atoms with Gasteiger partial charge in [0.15, 0.2) is 0 Å². The van der Waals surface area contributed by atoms with Gasteiger partial charge in [0.1, 0.15) is 48.0 Å². The van der Waals surface area contributed by atoms with Crippen LogP contribution in [0.25, 0.3) is 45.5 Å². The van der Waals surface area contributed by atoms with Crippen molar-refractivity contribution in [3.05, 3.63) is 431 Å². The molecular weight excluding hydrogens is 1240 g/mol. The number of fused-ring (bicyclic) bond motifs is 6. The van der Waals surface area contributed by atoms with Crippen molar-refractivity contribution in [3.63, 3.8) is 0 Å². The van der Waals surface area contributed by atoms with E-state index < -0.39 is 22.5 Å². The lowest BCUT2D eigenvalue weighted by Crippen LogP contribution is -2.29. The average Bonchev–Trinajstić information content (AvgIpc) is 1.54. The fraction of sp³-hybridized carbons (Fsp3) is 0.0435. The number of para-hydroxylation sites is 2. The number of hydrogen-bond acceptors (Lipinski definition) is 4. The van der Waals surface area contributed by atoms with E-state index in [-0.39, 0.29) is 11.6 Å². The van der Waals surface area contributed by atoms with Crippen molar-refractivity contribution in [2.24, 2.45) is 0 Å². The normalized spacial score (nSPS) is 14.6. The predicted molar refractivity (Wildman–Crippen MR) is 397 cm³/mol. The molecule has 0 N–H and O–H groups in total. The Morgan fingerprint density at radius 2 is 0.620 bits per heavy atom. The Balaban J connectivity index is 0.754. The van der Waals surface area contributed by atoms with Gasteiger partial charge in [-0.15, -0.1) is 0 Å². The molecule has 0 bridgehead atoms. The van der Waals surface area contributed by atoms with Gasteiger partial charge in [-0.2, -0.15) is 0 Å². The van der Waals surface area contributed by atoms with Gasteiger partial charge in [-0.05, 0) is 221 Å². The third kappa shape index (κ3) is 11.0. The van der Waals surface area contributed by atoms with Crippen LogP contribution in [-0.4, -0.2) is 0 Å². The van der Waals surface area contributed by atoms with Crippen LogP contribution in [0.1, 0.15) is 66.8 Å². The maximum atomic E-state index is 16.7. The van der Waals surface area contributed by atoms with Crippen LogP contribution in [0.15, 0.2) is 341 Å². The van der Waals surface area contributed by atoms with Crippen molar-refractivity contribution in [2.45, 2.75) is 24.0 Å². The number of rotatable bonds is 19. The zero-order valence-electron chi connectivity index (χ0n) is 54.4. The number of benzene rings is 14. The molecule has 0 saturated carbocycles. The van der Waals surface area contributed by atoms with E-state index in [9.17, 15) is 0 Å².